The highest BCUT2D eigenvalue weighted by atomic mass is 16.4. The van der Waals surface area contributed by atoms with E-state index in [0.29, 0.717) is 19.8 Å². The molecule has 0 saturated heterocycles. The predicted molar refractivity (Wildman–Crippen MR) is 63.9 cm³/mol. The maximum atomic E-state index is 10.4. The molecule has 8 nitrogen and oxygen atoms in total. The molecule has 8 heteroatoms. The van der Waals surface area contributed by atoms with E-state index in [1.165, 1.54) is 0 Å². The first kappa shape index (κ1) is 14.8. The molecule has 2 heterocycles. The van der Waals surface area contributed by atoms with E-state index in [-0.39, 0.29) is 12.8 Å². The van der Waals surface area contributed by atoms with Crippen LogP contribution in [0, 0.1) is 0 Å². The van der Waals surface area contributed by atoms with Crippen LogP contribution in [0.2, 0.25) is 0 Å². The van der Waals surface area contributed by atoms with Crippen molar-refractivity contribution in [2.24, 2.45) is 0 Å². The fourth-order valence-electron chi connectivity index (χ4n) is 1.94. The first-order chi connectivity index (χ1) is 10.0. The fraction of sp³-hybridized carbons (Fsp3) is 0.385. The molecule has 0 aromatic carbocycles. The number of rotatable bonds is 8. The summed E-state index contributed by atoms with van der Waals surface area (Å²) in [6, 6.07) is 0. The molecule has 0 fully saturated rings. The van der Waals surface area contributed by atoms with Crippen molar-refractivity contribution in [3.8, 4) is 0 Å². The second-order valence-corrected chi connectivity index (χ2v) is 4.72. The van der Waals surface area contributed by atoms with Crippen molar-refractivity contribution in [3.63, 3.8) is 0 Å². The molecule has 2 aromatic heterocycles. The van der Waals surface area contributed by atoms with Crippen molar-refractivity contribution in [2.45, 2.75) is 32.6 Å². The highest BCUT2D eigenvalue weighted by Gasteiger charge is 2.09. The summed E-state index contributed by atoms with van der Waals surface area (Å²) in [5, 5.41) is 20.8. The molecule has 0 aliphatic rings. The molecule has 0 aliphatic carbocycles. The molecule has 2 aromatic rings. The van der Waals surface area contributed by atoms with Crippen LogP contribution in [-0.4, -0.2) is 21.1 Å². The van der Waals surface area contributed by atoms with Crippen molar-refractivity contribution in [2.75, 3.05) is 0 Å². The number of hydrogen-bond donors (Lipinski definition) is 0. The minimum atomic E-state index is -1.07. The van der Waals surface area contributed by atoms with E-state index in [4.69, 9.17) is 0 Å². The smallest absolute Gasteiger partial charge is 0.246 e. The third-order valence-corrected chi connectivity index (χ3v) is 2.97. The molecular weight excluding hydrogens is 276 g/mol. The monoisotopic (exact) mass is 292 g/mol. The van der Waals surface area contributed by atoms with Gasteiger partial charge in [-0.3, -0.25) is 0 Å². The summed E-state index contributed by atoms with van der Waals surface area (Å²) in [4.78, 5) is 20.8. The zero-order chi connectivity index (χ0) is 15.2. The van der Waals surface area contributed by atoms with Gasteiger partial charge in [-0.05, 0) is 0 Å². The predicted octanol–water partition coefficient (Wildman–Crippen LogP) is -3.35. The van der Waals surface area contributed by atoms with Gasteiger partial charge in [0.2, 0.25) is 19.3 Å². The Morgan fingerprint density at radius 2 is 1.29 bits per heavy atom. The van der Waals surface area contributed by atoms with Gasteiger partial charge >= 0.3 is 0 Å². The lowest BCUT2D eigenvalue weighted by Gasteiger charge is -1.98. The topological polar surface area (TPSA) is 97.9 Å². The van der Waals surface area contributed by atoms with Crippen LogP contribution in [0.15, 0.2) is 37.4 Å². The number of carbonyl (C=O) groups excluding carboxylic acids is 2. The Bertz CT molecular complexity index is 577. The van der Waals surface area contributed by atoms with Crippen LogP contribution in [0.25, 0.3) is 0 Å². The van der Waals surface area contributed by atoms with Gasteiger partial charge in [-0.15, -0.1) is 0 Å². The van der Waals surface area contributed by atoms with Crippen molar-refractivity contribution >= 4 is 11.9 Å². The molecule has 112 valence electrons. The molecule has 2 rings (SSSR count). The number of carboxylic acid groups (broad SMARTS) is 2. The summed E-state index contributed by atoms with van der Waals surface area (Å²) in [6.45, 7) is 1.29. The quantitative estimate of drug-likeness (QED) is 0.475. The second-order valence-electron chi connectivity index (χ2n) is 4.72. The number of nitrogens with zero attached hydrogens (tertiary/aromatic N) is 4. The van der Waals surface area contributed by atoms with Gasteiger partial charge in [-0.2, -0.15) is 9.13 Å². The van der Waals surface area contributed by atoms with Crippen LogP contribution in [0.5, 0.6) is 0 Å². The van der Waals surface area contributed by atoms with Gasteiger partial charge in [0.25, 0.3) is 0 Å². The Morgan fingerprint density at radius 1 is 0.857 bits per heavy atom. The number of carboxylic acids is 2. The Morgan fingerprint density at radius 3 is 1.67 bits per heavy atom. The summed E-state index contributed by atoms with van der Waals surface area (Å²) >= 11 is 0. The van der Waals surface area contributed by atoms with Crippen LogP contribution in [-0.2, 0) is 29.3 Å². The molecule has 0 spiro atoms. The maximum absolute atomic E-state index is 10.4. The van der Waals surface area contributed by atoms with Crippen LogP contribution in [0.4, 0.5) is 0 Å². The number of carbonyl (C=O) groups is 2. The van der Waals surface area contributed by atoms with E-state index in [1.807, 2.05) is 21.5 Å². The van der Waals surface area contributed by atoms with Crippen LogP contribution in [0.3, 0.4) is 0 Å². The van der Waals surface area contributed by atoms with E-state index >= 15 is 0 Å². The van der Waals surface area contributed by atoms with E-state index in [2.05, 4.69) is 0 Å². The standard InChI is InChI=1S/C13H16N4O4/c18-12(19)1-3-14-5-7-16(9-14)11-17-8-6-15(10-17)4-2-13(20)21/h5-10H,1-4,11H2. The zero-order valence-electron chi connectivity index (χ0n) is 11.4. The highest BCUT2D eigenvalue weighted by Crippen LogP contribution is 1.90. The number of aryl methyl sites for hydroxylation is 2. The molecule has 0 saturated carbocycles. The normalized spacial score (nSPS) is 10.7. The van der Waals surface area contributed by atoms with E-state index in [1.54, 1.807) is 34.2 Å². The largest absolute Gasteiger partial charge is 0.550 e. The fourth-order valence-corrected chi connectivity index (χ4v) is 1.94. The molecule has 0 unspecified atom stereocenters. The van der Waals surface area contributed by atoms with E-state index in [9.17, 15) is 19.8 Å². The van der Waals surface area contributed by atoms with Crippen LogP contribution in [0.1, 0.15) is 12.8 Å². The lowest BCUT2D eigenvalue weighted by molar-refractivity contribution is -0.912. The Kier molecular flexibility index (Phi) is 4.70. The SMILES string of the molecule is O=C([O-])CCn1cc[n+](C[n+]2ccn(CCC(=O)[O-])c2)c1. The van der Waals surface area contributed by atoms with Crippen LogP contribution >= 0.6 is 0 Å². The molecule has 21 heavy (non-hydrogen) atoms. The molecule has 0 amide bonds. The minimum Gasteiger partial charge on any atom is -0.550 e. The molecule has 0 radical (unpaired) electrons. The van der Waals surface area contributed by atoms with Gasteiger partial charge in [0.05, 0.1) is 13.1 Å². The second kappa shape index (κ2) is 6.69. The minimum absolute atomic E-state index is 0.0264. The average Bonchev–Trinajstić information content (AvgIpc) is 3.04. The summed E-state index contributed by atoms with van der Waals surface area (Å²) in [5.74, 6) is -2.15. The lowest BCUT2D eigenvalue weighted by atomic mass is 10.4. The van der Waals surface area contributed by atoms with Gasteiger partial charge in [-0.25, -0.2) is 9.13 Å². The van der Waals surface area contributed by atoms with Crippen molar-refractivity contribution in [1.82, 2.24) is 9.13 Å². The molecular formula is C13H16N4O4. The van der Waals surface area contributed by atoms with E-state index < -0.39 is 11.9 Å². The molecule has 0 N–H and O–H groups in total. The van der Waals surface area contributed by atoms with Gasteiger partial charge in [0.15, 0.2) is 0 Å². The highest BCUT2D eigenvalue weighted by molar-refractivity contribution is 5.64. The average molecular weight is 292 g/mol. The molecule has 0 atom stereocenters. The Balaban J connectivity index is 1.89. The number of aromatic nitrogens is 4. The summed E-state index contributed by atoms with van der Waals surface area (Å²) in [5.41, 5.74) is 0. The summed E-state index contributed by atoms with van der Waals surface area (Å²) in [6.07, 6.45) is 10.8. The number of imidazole rings is 2. The van der Waals surface area contributed by atoms with Crippen molar-refractivity contribution in [1.29, 1.82) is 0 Å². The molecule has 0 aliphatic heterocycles. The first-order valence-corrected chi connectivity index (χ1v) is 6.52. The van der Waals surface area contributed by atoms with E-state index in [0.717, 1.165) is 0 Å². The third kappa shape index (κ3) is 4.75. The number of hydrogen-bond acceptors (Lipinski definition) is 4. The lowest BCUT2D eigenvalue weighted by Crippen LogP contribution is -2.49. The maximum Gasteiger partial charge on any atom is 0.246 e. The van der Waals surface area contributed by atoms with Gasteiger partial charge < -0.3 is 19.8 Å². The Hall–Kier alpha value is -2.64. The molecule has 0 bridgehead atoms. The van der Waals surface area contributed by atoms with Crippen LogP contribution < -0.4 is 19.3 Å². The van der Waals surface area contributed by atoms with Crippen molar-refractivity contribution in [3.05, 3.63) is 37.4 Å². The third-order valence-electron chi connectivity index (χ3n) is 2.97. The number of aliphatic carboxylic acids is 2. The van der Waals surface area contributed by atoms with Gasteiger partial charge in [0.1, 0.15) is 24.8 Å². The van der Waals surface area contributed by atoms with Gasteiger partial charge in [-0.1, -0.05) is 0 Å². The van der Waals surface area contributed by atoms with Crippen molar-refractivity contribution < 1.29 is 28.9 Å². The summed E-state index contributed by atoms with van der Waals surface area (Å²) in [7, 11) is 0. The summed E-state index contributed by atoms with van der Waals surface area (Å²) < 4.78 is 7.31. The zero-order valence-corrected chi connectivity index (χ0v) is 11.4. The van der Waals surface area contributed by atoms with Gasteiger partial charge in [0, 0.05) is 24.8 Å². The first-order valence-electron chi connectivity index (χ1n) is 6.52. The Labute approximate surface area is 121 Å².